The van der Waals surface area contributed by atoms with Gasteiger partial charge in [0.2, 0.25) is 0 Å². The molecule has 2 nitrogen and oxygen atoms in total. The van der Waals surface area contributed by atoms with Gasteiger partial charge in [0.25, 0.3) is 0 Å². The Balaban J connectivity index is 3.11. The smallest absolute Gasteiger partial charge is 0.0574 e. The van der Waals surface area contributed by atoms with E-state index in [2.05, 4.69) is 19.1 Å². The van der Waals surface area contributed by atoms with E-state index in [0.29, 0.717) is 6.61 Å². The molecule has 0 bridgehead atoms. The predicted octanol–water partition coefficient (Wildman–Crippen LogP) is 7.33. The zero-order chi connectivity index (χ0) is 19.1. The largest absolute Gasteiger partial charge is 0.396 e. The first-order valence-corrected chi connectivity index (χ1v) is 11.7. The Morgan fingerprint density at radius 3 is 1.46 bits per heavy atom. The quantitative estimate of drug-likeness (QED) is 0.164. The maximum absolute atomic E-state index is 9.90. The van der Waals surface area contributed by atoms with Gasteiger partial charge in [-0.25, -0.2) is 0 Å². The minimum absolute atomic E-state index is 0.127. The summed E-state index contributed by atoms with van der Waals surface area (Å²) in [5.41, 5.74) is 0. The maximum Gasteiger partial charge on any atom is 0.0574 e. The highest BCUT2D eigenvalue weighted by Crippen LogP contribution is 2.14. The molecule has 0 rings (SSSR count). The van der Waals surface area contributed by atoms with Gasteiger partial charge in [0.1, 0.15) is 0 Å². The number of aliphatic hydroxyl groups is 2. The van der Waals surface area contributed by atoms with Crippen LogP contribution < -0.4 is 0 Å². The third-order valence-corrected chi connectivity index (χ3v) is 5.23. The van der Waals surface area contributed by atoms with Crippen LogP contribution in [0, 0.1) is 0 Å². The molecule has 156 valence electrons. The van der Waals surface area contributed by atoms with Crippen LogP contribution in [0.1, 0.15) is 129 Å². The summed E-state index contributed by atoms with van der Waals surface area (Å²) in [7, 11) is 0. The number of hydrogen-bond donors (Lipinski definition) is 2. The lowest BCUT2D eigenvalue weighted by molar-refractivity contribution is 0.163. The van der Waals surface area contributed by atoms with Crippen LogP contribution in [0.4, 0.5) is 0 Å². The predicted molar refractivity (Wildman–Crippen MR) is 116 cm³/mol. The summed E-state index contributed by atoms with van der Waals surface area (Å²) in [6.07, 6.45) is 28.2. The van der Waals surface area contributed by atoms with Gasteiger partial charge in [-0.1, -0.05) is 115 Å². The van der Waals surface area contributed by atoms with Gasteiger partial charge in [-0.2, -0.15) is 0 Å². The van der Waals surface area contributed by atoms with Crippen LogP contribution in [-0.4, -0.2) is 22.9 Å². The average Bonchev–Trinajstić information content (AvgIpc) is 2.65. The van der Waals surface area contributed by atoms with Crippen molar-refractivity contribution in [3.8, 4) is 0 Å². The summed E-state index contributed by atoms with van der Waals surface area (Å²) >= 11 is 0. The van der Waals surface area contributed by atoms with Crippen LogP contribution in [0.15, 0.2) is 12.2 Å². The minimum atomic E-state index is -0.127. The molecule has 0 amide bonds. The van der Waals surface area contributed by atoms with E-state index in [1.807, 2.05) is 0 Å². The molecule has 0 saturated carbocycles. The second-order valence-corrected chi connectivity index (χ2v) is 7.97. The highest BCUT2D eigenvalue weighted by Gasteiger charge is 2.01. The molecule has 0 saturated heterocycles. The van der Waals surface area contributed by atoms with Crippen molar-refractivity contribution in [2.45, 2.75) is 135 Å². The highest BCUT2D eigenvalue weighted by molar-refractivity contribution is 4.83. The van der Waals surface area contributed by atoms with Gasteiger partial charge in [0.15, 0.2) is 0 Å². The molecule has 0 heterocycles. The molecule has 26 heavy (non-hydrogen) atoms. The molecular formula is C24H48O2. The van der Waals surface area contributed by atoms with Gasteiger partial charge in [0, 0.05) is 6.61 Å². The summed E-state index contributed by atoms with van der Waals surface area (Å²) in [5.74, 6) is 0. The van der Waals surface area contributed by atoms with Crippen LogP contribution in [0.5, 0.6) is 0 Å². The van der Waals surface area contributed by atoms with Gasteiger partial charge in [-0.3, -0.25) is 0 Å². The van der Waals surface area contributed by atoms with Gasteiger partial charge in [-0.05, 0) is 25.7 Å². The summed E-state index contributed by atoms with van der Waals surface area (Å²) in [6.45, 7) is 2.55. The summed E-state index contributed by atoms with van der Waals surface area (Å²) < 4.78 is 0. The lowest BCUT2D eigenvalue weighted by Gasteiger charge is -2.07. The third kappa shape index (κ3) is 21.7. The van der Waals surface area contributed by atoms with Gasteiger partial charge in [0.05, 0.1) is 6.10 Å². The first kappa shape index (κ1) is 25.7. The maximum atomic E-state index is 9.90. The van der Waals surface area contributed by atoms with Crippen molar-refractivity contribution in [2.75, 3.05) is 6.61 Å². The van der Waals surface area contributed by atoms with Crippen LogP contribution in [0.3, 0.4) is 0 Å². The van der Waals surface area contributed by atoms with Crippen LogP contribution in [0.2, 0.25) is 0 Å². The Labute approximate surface area is 164 Å². The molecule has 0 aromatic carbocycles. The first-order chi connectivity index (χ1) is 12.8. The van der Waals surface area contributed by atoms with Crippen molar-refractivity contribution in [1.29, 1.82) is 0 Å². The van der Waals surface area contributed by atoms with Crippen LogP contribution in [0.25, 0.3) is 0 Å². The van der Waals surface area contributed by atoms with E-state index < -0.39 is 0 Å². The van der Waals surface area contributed by atoms with E-state index in [0.717, 1.165) is 25.7 Å². The van der Waals surface area contributed by atoms with E-state index in [4.69, 9.17) is 5.11 Å². The van der Waals surface area contributed by atoms with Gasteiger partial charge < -0.3 is 10.2 Å². The molecule has 0 aromatic heterocycles. The topological polar surface area (TPSA) is 40.5 Å². The van der Waals surface area contributed by atoms with Crippen LogP contribution >= 0.6 is 0 Å². The standard InChI is InChI=1S/C24H48O2/c1-2-3-4-18-21-24(26)22-19-16-14-12-10-8-6-5-7-9-11-13-15-17-20-23-25/h4,18,24-26H,2-3,5-17,19-23H2,1H3/b18-4+/t24-/m0/s1. The van der Waals surface area contributed by atoms with Crippen molar-refractivity contribution in [1.82, 2.24) is 0 Å². The fourth-order valence-corrected chi connectivity index (χ4v) is 3.45. The zero-order valence-corrected chi connectivity index (χ0v) is 17.8. The highest BCUT2D eigenvalue weighted by atomic mass is 16.3. The molecule has 0 aliphatic rings. The van der Waals surface area contributed by atoms with Crippen molar-refractivity contribution >= 4 is 0 Å². The minimum Gasteiger partial charge on any atom is -0.396 e. The normalized spacial score (nSPS) is 12.9. The second-order valence-electron chi connectivity index (χ2n) is 7.97. The fourth-order valence-electron chi connectivity index (χ4n) is 3.45. The molecule has 0 fully saturated rings. The molecule has 1 atom stereocenters. The number of aliphatic hydroxyl groups excluding tert-OH is 2. The molecular weight excluding hydrogens is 320 g/mol. The fraction of sp³-hybridized carbons (Fsp3) is 0.917. The molecule has 0 aliphatic heterocycles. The molecule has 0 aliphatic carbocycles. The Morgan fingerprint density at radius 2 is 1.04 bits per heavy atom. The van der Waals surface area contributed by atoms with E-state index in [-0.39, 0.29) is 6.10 Å². The van der Waals surface area contributed by atoms with E-state index in [1.54, 1.807) is 0 Å². The lowest BCUT2D eigenvalue weighted by atomic mass is 10.0. The van der Waals surface area contributed by atoms with Crippen LogP contribution in [-0.2, 0) is 0 Å². The lowest BCUT2D eigenvalue weighted by Crippen LogP contribution is -2.04. The molecule has 2 N–H and O–H groups in total. The summed E-state index contributed by atoms with van der Waals surface area (Å²) in [5, 5.41) is 18.6. The van der Waals surface area contributed by atoms with Gasteiger partial charge in [-0.15, -0.1) is 0 Å². The number of hydrogen-bond acceptors (Lipinski definition) is 2. The van der Waals surface area contributed by atoms with E-state index >= 15 is 0 Å². The van der Waals surface area contributed by atoms with Crippen molar-refractivity contribution in [3.63, 3.8) is 0 Å². The van der Waals surface area contributed by atoms with Gasteiger partial charge >= 0.3 is 0 Å². The SMILES string of the molecule is CCC/C=C/C[C@H](O)CCCCCCCCCCCCCCCCCO. The monoisotopic (exact) mass is 368 g/mol. The Bertz CT molecular complexity index is 275. The third-order valence-electron chi connectivity index (χ3n) is 5.23. The number of rotatable bonds is 21. The Kier molecular flexibility index (Phi) is 22.4. The van der Waals surface area contributed by atoms with Crippen molar-refractivity contribution in [3.05, 3.63) is 12.2 Å². The van der Waals surface area contributed by atoms with E-state index in [9.17, 15) is 5.11 Å². The average molecular weight is 369 g/mol. The molecule has 0 unspecified atom stereocenters. The summed E-state index contributed by atoms with van der Waals surface area (Å²) in [6, 6.07) is 0. The first-order valence-electron chi connectivity index (χ1n) is 11.7. The van der Waals surface area contributed by atoms with E-state index in [1.165, 1.54) is 96.3 Å². The molecule has 2 heteroatoms. The van der Waals surface area contributed by atoms with Crippen molar-refractivity contribution < 1.29 is 10.2 Å². The molecule has 0 radical (unpaired) electrons. The summed E-state index contributed by atoms with van der Waals surface area (Å²) in [4.78, 5) is 0. The number of allylic oxidation sites excluding steroid dienone is 1. The Hall–Kier alpha value is -0.340. The van der Waals surface area contributed by atoms with Crippen molar-refractivity contribution in [2.24, 2.45) is 0 Å². The zero-order valence-electron chi connectivity index (χ0n) is 17.8. The Morgan fingerprint density at radius 1 is 0.615 bits per heavy atom. The molecule has 0 spiro atoms. The molecule has 0 aromatic rings. The number of unbranched alkanes of at least 4 members (excludes halogenated alkanes) is 15. The second kappa shape index (κ2) is 22.7.